The Bertz CT molecular complexity index is 826. The molecule has 0 aromatic heterocycles. The Labute approximate surface area is 160 Å². The zero-order valence-corrected chi connectivity index (χ0v) is 15.6. The number of quaternary nitrogens is 1. The van der Waals surface area contributed by atoms with Crippen molar-refractivity contribution in [3.63, 3.8) is 0 Å². The van der Waals surface area contributed by atoms with E-state index in [2.05, 4.69) is 34.9 Å². The molecule has 138 valence electrons. The molecule has 0 bridgehead atoms. The van der Waals surface area contributed by atoms with Gasteiger partial charge >= 0.3 is 0 Å². The fraction of sp³-hybridized carbons (Fsp3) is 0.174. The minimum Gasteiger partial charge on any atom is -0.497 e. The lowest BCUT2D eigenvalue weighted by Gasteiger charge is -2.21. The Balaban J connectivity index is 1.75. The maximum absolute atomic E-state index is 12.7. The van der Waals surface area contributed by atoms with Crippen molar-refractivity contribution in [3.8, 4) is 5.75 Å². The van der Waals surface area contributed by atoms with Gasteiger partial charge in [-0.2, -0.15) is 0 Å². The van der Waals surface area contributed by atoms with Crippen LogP contribution in [0, 0.1) is 0 Å². The van der Waals surface area contributed by atoms with Crippen molar-refractivity contribution in [3.05, 3.63) is 96.1 Å². The SMILES string of the molecule is COc1cccc(NC(=O)[C@H](C)[NH2+]C(c2ccccc2)c2ccccc2)c1. The quantitative estimate of drug-likeness (QED) is 0.678. The van der Waals surface area contributed by atoms with Crippen LogP contribution in [0.3, 0.4) is 0 Å². The number of rotatable bonds is 7. The molecule has 0 saturated carbocycles. The van der Waals surface area contributed by atoms with E-state index in [4.69, 9.17) is 4.74 Å². The van der Waals surface area contributed by atoms with E-state index in [-0.39, 0.29) is 18.0 Å². The van der Waals surface area contributed by atoms with E-state index >= 15 is 0 Å². The molecule has 4 nitrogen and oxygen atoms in total. The van der Waals surface area contributed by atoms with Crippen molar-refractivity contribution in [1.29, 1.82) is 0 Å². The van der Waals surface area contributed by atoms with Gasteiger partial charge in [0.25, 0.3) is 5.91 Å². The third kappa shape index (κ3) is 4.96. The number of hydrogen-bond donors (Lipinski definition) is 2. The van der Waals surface area contributed by atoms with Gasteiger partial charge < -0.3 is 15.4 Å². The Kier molecular flexibility index (Phi) is 6.23. The van der Waals surface area contributed by atoms with Crippen LogP contribution in [0.5, 0.6) is 5.75 Å². The molecule has 27 heavy (non-hydrogen) atoms. The lowest BCUT2D eigenvalue weighted by atomic mass is 9.98. The summed E-state index contributed by atoms with van der Waals surface area (Å²) in [5, 5.41) is 5.07. The van der Waals surface area contributed by atoms with Crippen molar-refractivity contribution in [1.82, 2.24) is 0 Å². The largest absolute Gasteiger partial charge is 0.497 e. The van der Waals surface area contributed by atoms with Crippen molar-refractivity contribution in [2.24, 2.45) is 0 Å². The zero-order chi connectivity index (χ0) is 19.1. The number of carbonyl (C=O) groups excluding carboxylic acids is 1. The number of hydrogen-bond acceptors (Lipinski definition) is 2. The Morgan fingerprint density at radius 1 is 0.889 bits per heavy atom. The molecule has 0 radical (unpaired) electrons. The van der Waals surface area contributed by atoms with Gasteiger partial charge in [0.15, 0.2) is 6.04 Å². The summed E-state index contributed by atoms with van der Waals surface area (Å²) in [5.74, 6) is 0.677. The van der Waals surface area contributed by atoms with Crippen molar-refractivity contribution < 1.29 is 14.8 Å². The van der Waals surface area contributed by atoms with Crippen LogP contribution >= 0.6 is 0 Å². The minimum atomic E-state index is -0.262. The van der Waals surface area contributed by atoms with Crippen LogP contribution in [-0.2, 0) is 4.79 Å². The van der Waals surface area contributed by atoms with Gasteiger partial charge in [0.1, 0.15) is 11.8 Å². The monoisotopic (exact) mass is 361 g/mol. The van der Waals surface area contributed by atoms with Crippen LogP contribution < -0.4 is 15.4 Å². The molecule has 3 rings (SSSR count). The van der Waals surface area contributed by atoms with Gasteiger partial charge in [0.05, 0.1) is 7.11 Å². The van der Waals surface area contributed by atoms with E-state index in [9.17, 15) is 4.79 Å². The van der Waals surface area contributed by atoms with E-state index in [1.807, 2.05) is 67.6 Å². The summed E-state index contributed by atoms with van der Waals surface area (Å²) in [5.41, 5.74) is 3.07. The number of ether oxygens (including phenoxy) is 1. The van der Waals surface area contributed by atoms with E-state index in [0.717, 1.165) is 11.4 Å². The Hall–Kier alpha value is -3.11. The van der Waals surface area contributed by atoms with Gasteiger partial charge in [-0.15, -0.1) is 0 Å². The molecule has 3 aromatic rings. The highest BCUT2D eigenvalue weighted by Crippen LogP contribution is 2.19. The normalized spacial score (nSPS) is 11.8. The molecule has 1 amide bonds. The second-order valence-corrected chi connectivity index (χ2v) is 6.50. The molecule has 0 aliphatic carbocycles. The summed E-state index contributed by atoms with van der Waals surface area (Å²) >= 11 is 0. The number of carbonyl (C=O) groups is 1. The predicted octanol–water partition coefficient (Wildman–Crippen LogP) is 3.38. The number of nitrogens with one attached hydrogen (secondary N) is 1. The molecular formula is C23H25N2O2+. The summed E-state index contributed by atoms with van der Waals surface area (Å²) < 4.78 is 5.22. The van der Waals surface area contributed by atoms with Gasteiger partial charge in [-0.25, -0.2) is 0 Å². The maximum Gasteiger partial charge on any atom is 0.282 e. The average Bonchev–Trinajstić information content (AvgIpc) is 2.73. The third-order valence-electron chi connectivity index (χ3n) is 4.55. The van der Waals surface area contributed by atoms with Gasteiger partial charge in [-0.3, -0.25) is 4.79 Å². The molecule has 3 aromatic carbocycles. The third-order valence-corrected chi connectivity index (χ3v) is 4.55. The minimum absolute atomic E-state index is 0.0416. The molecule has 0 heterocycles. The van der Waals surface area contributed by atoms with Crippen LogP contribution in [0.4, 0.5) is 5.69 Å². The molecule has 0 aliphatic heterocycles. The van der Waals surface area contributed by atoms with E-state index in [1.54, 1.807) is 7.11 Å². The zero-order valence-electron chi connectivity index (χ0n) is 15.6. The smallest absolute Gasteiger partial charge is 0.282 e. The summed E-state index contributed by atoms with van der Waals surface area (Å²) in [6, 6.07) is 27.7. The highest BCUT2D eigenvalue weighted by Gasteiger charge is 2.24. The first-order valence-electron chi connectivity index (χ1n) is 9.07. The van der Waals surface area contributed by atoms with Crippen LogP contribution in [0.25, 0.3) is 0 Å². The summed E-state index contributed by atoms with van der Waals surface area (Å²) in [7, 11) is 1.61. The van der Waals surface area contributed by atoms with Crippen LogP contribution in [0.2, 0.25) is 0 Å². The topological polar surface area (TPSA) is 54.9 Å². The second kappa shape index (κ2) is 9.01. The molecule has 0 aliphatic rings. The van der Waals surface area contributed by atoms with Gasteiger partial charge in [-0.1, -0.05) is 66.7 Å². The van der Waals surface area contributed by atoms with E-state index < -0.39 is 0 Å². The molecule has 0 fully saturated rings. The maximum atomic E-state index is 12.7. The predicted molar refractivity (Wildman–Crippen MR) is 108 cm³/mol. The van der Waals surface area contributed by atoms with Crippen molar-refractivity contribution >= 4 is 11.6 Å². The Morgan fingerprint density at radius 2 is 1.48 bits per heavy atom. The molecule has 0 saturated heterocycles. The van der Waals surface area contributed by atoms with Gasteiger partial charge in [0.2, 0.25) is 0 Å². The lowest BCUT2D eigenvalue weighted by molar-refractivity contribution is -0.704. The van der Waals surface area contributed by atoms with Crippen LogP contribution in [-0.4, -0.2) is 19.1 Å². The average molecular weight is 361 g/mol. The van der Waals surface area contributed by atoms with Gasteiger partial charge in [-0.05, 0) is 19.1 Å². The number of amides is 1. The fourth-order valence-electron chi connectivity index (χ4n) is 3.07. The number of nitrogens with two attached hydrogens (primary N) is 1. The first-order chi connectivity index (χ1) is 13.2. The van der Waals surface area contributed by atoms with Crippen molar-refractivity contribution in [2.45, 2.75) is 19.0 Å². The second-order valence-electron chi connectivity index (χ2n) is 6.50. The van der Waals surface area contributed by atoms with E-state index in [0.29, 0.717) is 0 Å². The number of anilines is 1. The Morgan fingerprint density at radius 3 is 2.04 bits per heavy atom. The molecule has 3 N–H and O–H groups in total. The summed E-state index contributed by atoms with van der Waals surface area (Å²) in [6.07, 6.45) is 0. The molecular weight excluding hydrogens is 336 g/mol. The lowest BCUT2D eigenvalue weighted by Crippen LogP contribution is -2.92. The molecule has 0 spiro atoms. The van der Waals surface area contributed by atoms with Gasteiger partial charge in [0, 0.05) is 22.9 Å². The first-order valence-corrected chi connectivity index (χ1v) is 9.07. The molecule has 4 heteroatoms. The van der Waals surface area contributed by atoms with E-state index in [1.165, 1.54) is 11.1 Å². The van der Waals surface area contributed by atoms with Crippen LogP contribution in [0.15, 0.2) is 84.9 Å². The van der Waals surface area contributed by atoms with Crippen molar-refractivity contribution in [2.75, 3.05) is 12.4 Å². The first kappa shape index (κ1) is 18.7. The molecule has 1 atom stereocenters. The highest BCUT2D eigenvalue weighted by molar-refractivity contribution is 5.93. The summed E-state index contributed by atoms with van der Waals surface area (Å²) in [6.45, 7) is 1.92. The van der Waals surface area contributed by atoms with Crippen LogP contribution in [0.1, 0.15) is 24.1 Å². The fourth-order valence-corrected chi connectivity index (χ4v) is 3.07. The molecule has 0 unspecified atom stereocenters. The standard InChI is InChI=1S/C23H24N2O2/c1-17(23(26)25-20-14-9-15-21(16-20)27-2)24-22(18-10-5-3-6-11-18)19-12-7-4-8-13-19/h3-17,22,24H,1-2H3,(H,25,26)/p+1/t17-/m0/s1. The highest BCUT2D eigenvalue weighted by atomic mass is 16.5. The number of methoxy groups -OCH3 is 1. The summed E-state index contributed by atoms with van der Waals surface area (Å²) in [4.78, 5) is 12.7. The number of benzene rings is 3.